The highest BCUT2D eigenvalue weighted by Crippen LogP contribution is 2.12. The number of rotatable bonds is 45. The molecule has 0 fully saturated rings. The monoisotopic (exact) mass is 911 g/mol. The Balaban J connectivity index is 4.59. The molecule has 0 rings (SSSR count). The van der Waals surface area contributed by atoms with Crippen molar-refractivity contribution in [1.82, 2.24) is 0 Å². The molecule has 0 spiro atoms. The number of carbonyl (C=O) groups is 3. The molecule has 0 aliphatic rings. The smallest absolute Gasteiger partial charge is 0.306 e. The van der Waals surface area contributed by atoms with Gasteiger partial charge in [-0.3, -0.25) is 14.4 Å². The highest BCUT2D eigenvalue weighted by atomic mass is 16.6. The summed E-state index contributed by atoms with van der Waals surface area (Å²) in [5.74, 6) is -1.04. The van der Waals surface area contributed by atoms with Crippen LogP contribution in [-0.4, -0.2) is 37.2 Å². The Morgan fingerprint density at radius 2 is 0.682 bits per heavy atom. The largest absolute Gasteiger partial charge is 0.462 e. The summed E-state index contributed by atoms with van der Waals surface area (Å²) in [7, 11) is 0. The molecule has 0 aliphatic carbocycles. The SMILES string of the molecule is CC\C=C/C=C\C=C/C=C\CCCCCCCC(=O)OCC(COC(=O)CCC/C=C\C/C=C\C/C=C\C/C=C\C/C=C\CC)OC(=O)CCCCC/C=C\C=C/CCCCCCCCC. The fourth-order valence-electron chi connectivity index (χ4n) is 6.60. The molecule has 0 saturated heterocycles. The van der Waals surface area contributed by atoms with Crippen molar-refractivity contribution in [3.63, 3.8) is 0 Å². The van der Waals surface area contributed by atoms with Crippen LogP contribution in [0.25, 0.3) is 0 Å². The van der Waals surface area contributed by atoms with Gasteiger partial charge in [0, 0.05) is 19.3 Å². The summed E-state index contributed by atoms with van der Waals surface area (Å²) < 4.78 is 16.7. The van der Waals surface area contributed by atoms with Gasteiger partial charge in [0.2, 0.25) is 0 Å². The Morgan fingerprint density at radius 1 is 0.333 bits per heavy atom. The Bertz CT molecular complexity index is 1460. The molecule has 0 saturated carbocycles. The first-order valence-electron chi connectivity index (χ1n) is 26.3. The lowest BCUT2D eigenvalue weighted by Gasteiger charge is -2.18. The van der Waals surface area contributed by atoms with Crippen LogP contribution in [-0.2, 0) is 28.6 Å². The van der Waals surface area contributed by atoms with Crippen molar-refractivity contribution in [3.8, 4) is 0 Å². The van der Waals surface area contributed by atoms with Crippen molar-refractivity contribution in [2.75, 3.05) is 13.2 Å². The van der Waals surface area contributed by atoms with E-state index in [9.17, 15) is 14.4 Å². The summed E-state index contributed by atoms with van der Waals surface area (Å²) in [6, 6.07) is 0. The minimum atomic E-state index is -0.830. The topological polar surface area (TPSA) is 78.9 Å². The van der Waals surface area contributed by atoms with Crippen molar-refractivity contribution in [2.45, 2.75) is 213 Å². The maximum absolute atomic E-state index is 12.8. The molecule has 6 nitrogen and oxygen atoms in total. The predicted octanol–water partition coefficient (Wildman–Crippen LogP) is 17.5. The van der Waals surface area contributed by atoms with Gasteiger partial charge in [-0.2, -0.15) is 0 Å². The van der Waals surface area contributed by atoms with Crippen LogP contribution in [0.15, 0.2) is 134 Å². The Morgan fingerprint density at radius 3 is 1.18 bits per heavy atom. The van der Waals surface area contributed by atoms with Crippen LogP contribution in [0.5, 0.6) is 0 Å². The zero-order valence-electron chi connectivity index (χ0n) is 42.1. The third-order valence-electron chi connectivity index (χ3n) is 10.5. The molecule has 0 radical (unpaired) electrons. The molecule has 0 aromatic carbocycles. The number of ether oxygens (including phenoxy) is 3. The zero-order valence-corrected chi connectivity index (χ0v) is 42.1. The summed E-state index contributed by atoms with van der Waals surface area (Å²) in [5, 5.41) is 0. The van der Waals surface area contributed by atoms with Gasteiger partial charge in [-0.05, 0) is 103 Å². The zero-order chi connectivity index (χ0) is 47.9. The van der Waals surface area contributed by atoms with Crippen LogP contribution < -0.4 is 0 Å². The van der Waals surface area contributed by atoms with Crippen molar-refractivity contribution in [3.05, 3.63) is 134 Å². The van der Waals surface area contributed by atoms with E-state index in [-0.39, 0.29) is 44.0 Å². The van der Waals surface area contributed by atoms with Crippen LogP contribution >= 0.6 is 0 Å². The van der Waals surface area contributed by atoms with Crippen LogP contribution in [0.4, 0.5) is 0 Å². The minimum absolute atomic E-state index is 0.124. The standard InChI is InChI=1S/C60H94O6/c1-4-7-10-13-16-19-22-25-28-30-33-35-38-41-44-47-50-53-59(62)65-56-57(55-64-58(61)52-49-46-43-40-37-34-31-27-24-21-18-15-12-9-6-3)66-60(63)54-51-48-45-42-39-36-32-29-26-23-20-17-14-11-8-5-2/h7,9-10,12,15-16,18-19,21,24-25,27-29,31-33,35-36,39,41,44,57H,4-6,8,11,13-14,17,20,22-23,26,30,34,37-38,40,42-43,45-56H2,1-3H3/b10-7-,12-9-,18-15-,19-16-,24-21-,28-25-,31-27-,32-29-,35-33-,39-36-,44-41-. The van der Waals surface area contributed by atoms with Crippen molar-refractivity contribution in [1.29, 1.82) is 0 Å². The molecular weight excluding hydrogens is 817 g/mol. The number of hydrogen-bond donors (Lipinski definition) is 0. The number of carbonyl (C=O) groups excluding carboxylic acids is 3. The Labute approximate surface area is 405 Å². The van der Waals surface area contributed by atoms with E-state index in [0.29, 0.717) is 19.3 Å². The van der Waals surface area contributed by atoms with E-state index in [1.165, 1.54) is 44.9 Å². The van der Waals surface area contributed by atoms with Crippen LogP contribution in [0, 0.1) is 0 Å². The van der Waals surface area contributed by atoms with Crippen LogP contribution in [0.3, 0.4) is 0 Å². The summed E-state index contributed by atoms with van der Waals surface area (Å²) in [5.41, 5.74) is 0. The first kappa shape index (κ1) is 61.5. The normalized spacial score (nSPS) is 13.2. The van der Waals surface area contributed by atoms with Gasteiger partial charge in [0.1, 0.15) is 13.2 Å². The van der Waals surface area contributed by atoms with Gasteiger partial charge < -0.3 is 14.2 Å². The Hall–Kier alpha value is -4.45. The molecule has 0 bridgehead atoms. The van der Waals surface area contributed by atoms with Gasteiger partial charge in [0.15, 0.2) is 6.10 Å². The Kier molecular flexibility index (Phi) is 49.6. The molecule has 0 N–H and O–H groups in total. The third-order valence-corrected chi connectivity index (χ3v) is 10.5. The molecule has 0 heterocycles. The fourth-order valence-corrected chi connectivity index (χ4v) is 6.60. The first-order valence-corrected chi connectivity index (χ1v) is 26.3. The summed E-state index contributed by atoms with van der Waals surface area (Å²) in [6.07, 6.45) is 74.4. The average Bonchev–Trinajstić information content (AvgIpc) is 3.31. The van der Waals surface area contributed by atoms with Crippen LogP contribution in [0.1, 0.15) is 207 Å². The summed E-state index contributed by atoms with van der Waals surface area (Å²) in [4.78, 5) is 38.0. The van der Waals surface area contributed by atoms with Crippen molar-refractivity contribution < 1.29 is 28.6 Å². The van der Waals surface area contributed by atoms with Gasteiger partial charge in [0.25, 0.3) is 0 Å². The van der Waals surface area contributed by atoms with E-state index in [1.807, 2.05) is 24.3 Å². The quantitative estimate of drug-likeness (QED) is 0.0199. The minimum Gasteiger partial charge on any atom is -0.462 e. The van der Waals surface area contributed by atoms with Gasteiger partial charge in [-0.15, -0.1) is 0 Å². The highest BCUT2D eigenvalue weighted by Gasteiger charge is 2.19. The number of hydrogen-bond acceptors (Lipinski definition) is 6. The van der Waals surface area contributed by atoms with Gasteiger partial charge in [-0.25, -0.2) is 0 Å². The number of esters is 3. The van der Waals surface area contributed by atoms with E-state index in [1.54, 1.807) is 0 Å². The molecule has 1 atom stereocenters. The maximum atomic E-state index is 12.8. The van der Waals surface area contributed by atoms with Gasteiger partial charge in [0.05, 0.1) is 0 Å². The van der Waals surface area contributed by atoms with Gasteiger partial charge >= 0.3 is 17.9 Å². The number of allylic oxidation sites excluding steroid dienone is 22. The molecule has 0 amide bonds. The second kappa shape index (κ2) is 53.2. The molecule has 370 valence electrons. The second-order valence-corrected chi connectivity index (χ2v) is 16.8. The third kappa shape index (κ3) is 50.5. The summed E-state index contributed by atoms with van der Waals surface area (Å²) >= 11 is 0. The summed E-state index contributed by atoms with van der Waals surface area (Å²) in [6.45, 7) is 6.27. The first-order chi connectivity index (χ1) is 32.5. The molecule has 6 heteroatoms. The molecular formula is C60H94O6. The molecule has 1 unspecified atom stereocenters. The van der Waals surface area contributed by atoms with E-state index in [4.69, 9.17) is 14.2 Å². The maximum Gasteiger partial charge on any atom is 0.306 e. The lowest BCUT2D eigenvalue weighted by molar-refractivity contribution is -0.167. The van der Waals surface area contributed by atoms with Crippen LogP contribution in [0.2, 0.25) is 0 Å². The van der Waals surface area contributed by atoms with Crippen molar-refractivity contribution in [2.24, 2.45) is 0 Å². The fraction of sp³-hybridized carbons (Fsp3) is 0.583. The van der Waals surface area contributed by atoms with E-state index >= 15 is 0 Å². The average molecular weight is 911 g/mol. The van der Waals surface area contributed by atoms with Crippen molar-refractivity contribution >= 4 is 17.9 Å². The molecule has 66 heavy (non-hydrogen) atoms. The van der Waals surface area contributed by atoms with E-state index in [2.05, 4.69) is 130 Å². The molecule has 0 aromatic heterocycles. The lowest BCUT2D eigenvalue weighted by atomic mass is 10.1. The molecule has 0 aromatic rings. The van der Waals surface area contributed by atoms with E-state index < -0.39 is 6.10 Å². The predicted molar refractivity (Wildman–Crippen MR) is 283 cm³/mol. The van der Waals surface area contributed by atoms with E-state index in [0.717, 1.165) is 109 Å². The molecule has 0 aliphatic heterocycles. The lowest BCUT2D eigenvalue weighted by Crippen LogP contribution is -2.30. The highest BCUT2D eigenvalue weighted by molar-refractivity contribution is 5.71. The van der Waals surface area contributed by atoms with Gasteiger partial charge in [-0.1, -0.05) is 219 Å². The number of unbranched alkanes of at least 4 members (excludes halogenated alkanes) is 16. The second-order valence-electron chi connectivity index (χ2n) is 16.8.